The van der Waals surface area contributed by atoms with Gasteiger partial charge in [0.15, 0.2) is 23.4 Å². The summed E-state index contributed by atoms with van der Waals surface area (Å²) in [6, 6.07) is 10.2. The maximum absolute atomic E-state index is 12.6. The van der Waals surface area contributed by atoms with Gasteiger partial charge in [0.05, 0.1) is 25.9 Å². The van der Waals surface area contributed by atoms with Crippen LogP contribution in [0.2, 0.25) is 0 Å². The molecule has 0 saturated heterocycles. The molecule has 0 bridgehead atoms. The van der Waals surface area contributed by atoms with Crippen LogP contribution in [0.5, 0.6) is 23.0 Å². The molecule has 2 aromatic rings. The fourth-order valence-electron chi connectivity index (χ4n) is 2.94. The number of carbonyl (C=O) groups is 2. The Labute approximate surface area is 175 Å². The summed E-state index contributed by atoms with van der Waals surface area (Å²) in [4.78, 5) is 24.4. The molecule has 0 unspecified atom stereocenters. The molecule has 0 radical (unpaired) electrons. The average molecular weight is 412 g/mol. The number of carbonyl (C=O) groups excluding carboxylic acids is 2. The van der Waals surface area contributed by atoms with E-state index in [1.54, 1.807) is 56.3 Å². The zero-order valence-corrected chi connectivity index (χ0v) is 17.4. The van der Waals surface area contributed by atoms with E-state index in [4.69, 9.17) is 23.7 Å². The van der Waals surface area contributed by atoms with Crippen LogP contribution in [0.4, 0.5) is 0 Å². The lowest BCUT2D eigenvalue weighted by Crippen LogP contribution is -2.26. The lowest BCUT2D eigenvalue weighted by Gasteiger charge is -2.16. The van der Waals surface area contributed by atoms with Crippen LogP contribution in [-0.4, -0.2) is 38.2 Å². The number of hydrogen-bond acceptors (Lipinski definition) is 7. The minimum atomic E-state index is -0.781. The Morgan fingerprint density at radius 1 is 1.10 bits per heavy atom. The van der Waals surface area contributed by atoms with Crippen molar-refractivity contribution in [2.24, 2.45) is 0 Å². The number of Topliss-reactive ketones (excluding diaryl/α,β-unsaturated/α-hetero) is 1. The van der Waals surface area contributed by atoms with Gasteiger partial charge in [0.25, 0.3) is 0 Å². The maximum atomic E-state index is 12.6. The van der Waals surface area contributed by atoms with Crippen molar-refractivity contribution in [3.63, 3.8) is 0 Å². The van der Waals surface area contributed by atoms with Gasteiger partial charge in [-0.2, -0.15) is 0 Å². The summed E-state index contributed by atoms with van der Waals surface area (Å²) in [7, 11) is 1.50. The molecule has 7 nitrogen and oxygen atoms in total. The van der Waals surface area contributed by atoms with Crippen LogP contribution in [0.25, 0.3) is 6.08 Å². The van der Waals surface area contributed by atoms with Crippen molar-refractivity contribution in [3.8, 4) is 23.0 Å². The Bertz CT molecular complexity index is 978. The predicted molar refractivity (Wildman–Crippen MR) is 110 cm³/mol. The standard InChI is InChI=1S/C23H24O7/c1-5-27-16-8-9-17-19(13-16)30-21(22(17)24)12-15-7-10-18(20(11-15)26-4)29-14(3)23(25)28-6-2/h7-14H,5-6H2,1-4H3/b21-12-/t14-/m0/s1. The monoisotopic (exact) mass is 412 g/mol. The first-order valence-electron chi connectivity index (χ1n) is 9.69. The first-order chi connectivity index (χ1) is 14.5. The minimum Gasteiger partial charge on any atom is -0.494 e. The Morgan fingerprint density at radius 2 is 1.90 bits per heavy atom. The first kappa shape index (κ1) is 21.2. The van der Waals surface area contributed by atoms with Gasteiger partial charge < -0.3 is 23.7 Å². The molecular formula is C23H24O7. The van der Waals surface area contributed by atoms with Gasteiger partial charge in [-0.25, -0.2) is 4.79 Å². The van der Waals surface area contributed by atoms with Crippen LogP contribution >= 0.6 is 0 Å². The Kier molecular flexibility index (Phi) is 6.61. The van der Waals surface area contributed by atoms with E-state index in [0.29, 0.717) is 40.7 Å². The Hall–Kier alpha value is -3.48. The number of allylic oxidation sites excluding steroid dienone is 1. The molecule has 0 aliphatic carbocycles. The van der Waals surface area contributed by atoms with Crippen LogP contribution < -0.4 is 18.9 Å². The van der Waals surface area contributed by atoms with E-state index in [-0.39, 0.29) is 18.1 Å². The van der Waals surface area contributed by atoms with E-state index in [1.807, 2.05) is 6.92 Å². The third-order valence-electron chi connectivity index (χ3n) is 4.36. The van der Waals surface area contributed by atoms with Gasteiger partial charge in [-0.1, -0.05) is 6.07 Å². The van der Waals surface area contributed by atoms with E-state index in [1.165, 1.54) is 7.11 Å². The Morgan fingerprint density at radius 3 is 2.60 bits per heavy atom. The van der Waals surface area contributed by atoms with Crippen molar-refractivity contribution in [3.05, 3.63) is 53.3 Å². The molecule has 1 aliphatic heterocycles. The third kappa shape index (κ3) is 4.56. The molecule has 0 fully saturated rings. The van der Waals surface area contributed by atoms with Crippen molar-refractivity contribution < 1.29 is 33.3 Å². The van der Waals surface area contributed by atoms with Gasteiger partial charge in [-0.3, -0.25) is 4.79 Å². The lowest BCUT2D eigenvalue weighted by atomic mass is 10.1. The number of methoxy groups -OCH3 is 1. The van der Waals surface area contributed by atoms with Gasteiger partial charge in [-0.15, -0.1) is 0 Å². The summed E-state index contributed by atoms with van der Waals surface area (Å²) in [5, 5.41) is 0. The third-order valence-corrected chi connectivity index (χ3v) is 4.36. The molecule has 1 heterocycles. The van der Waals surface area contributed by atoms with Crippen molar-refractivity contribution in [2.45, 2.75) is 26.9 Å². The van der Waals surface area contributed by atoms with E-state index < -0.39 is 12.1 Å². The second-order valence-corrected chi connectivity index (χ2v) is 6.45. The lowest BCUT2D eigenvalue weighted by molar-refractivity contribution is -0.150. The highest BCUT2D eigenvalue weighted by Gasteiger charge is 2.28. The van der Waals surface area contributed by atoms with Crippen LogP contribution in [0, 0.1) is 0 Å². The summed E-state index contributed by atoms with van der Waals surface area (Å²) in [5.74, 6) is 1.46. The molecular weight excluding hydrogens is 388 g/mol. The van der Waals surface area contributed by atoms with Crippen molar-refractivity contribution in [1.29, 1.82) is 0 Å². The molecule has 1 aliphatic rings. The van der Waals surface area contributed by atoms with Crippen LogP contribution in [-0.2, 0) is 9.53 Å². The quantitative estimate of drug-likeness (QED) is 0.478. The molecule has 30 heavy (non-hydrogen) atoms. The van der Waals surface area contributed by atoms with Crippen molar-refractivity contribution in [2.75, 3.05) is 20.3 Å². The summed E-state index contributed by atoms with van der Waals surface area (Å²) in [5.41, 5.74) is 1.17. The highest BCUT2D eigenvalue weighted by molar-refractivity contribution is 6.14. The molecule has 0 amide bonds. The summed E-state index contributed by atoms with van der Waals surface area (Å²) in [6.45, 7) is 6.03. The first-order valence-corrected chi connectivity index (χ1v) is 9.69. The van der Waals surface area contributed by atoms with Gasteiger partial charge in [0.1, 0.15) is 11.5 Å². The number of esters is 1. The van der Waals surface area contributed by atoms with Gasteiger partial charge in [0, 0.05) is 6.07 Å². The Balaban J connectivity index is 1.80. The van der Waals surface area contributed by atoms with Crippen LogP contribution in [0.3, 0.4) is 0 Å². The summed E-state index contributed by atoms with van der Waals surface area (Å²) < 4.78 is 27.2. The molecule has 1 atom stereocenters. The maximum Gasteiger partial charge on any atom is 0.347 e. The summed E-state index contributed by atoms with van der Waals surface area (Å²) in [6.07, 6.45) is 0.848. The summed E-state index contributed by atoms with van der Waals surface area (Å²) >= 11 is 0. The van der Waals surface area contributed by atoms with Crippen molar-refractivity contribution in [1.82, 2.24) is 0 Å². The second-order valence-electron chi connectivity index (χ2n) is 6.45. The molecule has 2 aromatic carbocycles. The molecule has 7 heteroatoms. The number of rotatable bonds is 8. The van der Waals surface area contributed by atoms with Gasteiger partial charge >= 0.3 is 5.97 Å². The molecule has 3 rings (SSSR count). The molecule has 0 spiro atoms. The number of hydrogen-bond donors (Lipinski definition) is 0. The minimum absolute atomic E-state index is 0.203. The fourth-order valence-corrected chi connectivity index (χ4v) is 2.94. The van der Waals surface area contributed by atoms with Crippen molar-refractivity contribution >= 4 is 17.8 Å². The van der Waals surface area contributed by atoms with Crippen LogP contribution in [0.1, 0.15) is 36.7 Å². The fraction of sp³-hybridized carbons (Fsp3) is 0.304. The predicted octanol–water partition coefficient (Wildman–Crippen LogP) is 4.04. The zero-order chi connectivity index (χ0) is 21.7. The van der Waals surface area contributed by atoms with E-state index in [9.17, 15) is 9.59 Å². The van der Waals surface area contributed by atoms with E-state index in [2.05, 4.69) is 0 Å². The number of ether oxygens (including phenoxy) is 5. The largest absolute Gasteiger partial charge is 0.494 e. The SMILES string of the molecule is CCOC(=O)[C@H](C)Oc1ccc(/C=C2\Oc3cc(OCC)ccc3C2=O)cc1OC. The molecule has 158 valence electrons. The smallest absolute Gasteiger partial charge is 0.347 e. The number of benzene rings is 2. The number of fused-ring (bicyclic) bond motifs is 1. The van der Waals surface area contributed by atoms with Gasteiger partial charge in [0.2, 0.25) is 5.78 Å². The van der Waals surface area contributed by atoms with E-state index in [0.717, 1.165) is 0 Å². The second kappa shape index (κ2) is 9.35. The normalized spacial score (nSPS) is 14.7. The molecule has 0 aromatic heterocycles. The number of ketones is 1. The van der Waals surface area contributed by atoms with Gasteiger partial charge in [-0.05, 0) is 56.7 Å². The van der Waals surface area contributed by atoms with Crippen LogP contribution in [0.15, 0.2) is 42.2 Å². The molecule has 0 saturated carbocycles. The highest BCUT2D eigenvalue weighted by Crippen LogP contribution is 2.36. The highest BCUT2D eigenvalue weighted by atomic mass is 16.6. The average Bonchev–Trinajstić information content (AvgIpc) is 3.04. The van der Waals surface area contributed by atoms with E-state index >= 15 is 0 Å². The topological polar surface area (TPSA) is 80.3 Å². The molecule has 0 N–H and O–H groups in total. The zero-order valence-electron chi connectivity index (χ0n) is 17.4.